The summed E-state index contributed by atoms with van der Waals surface area (Å²) in [6, 6.07) is 5.57. The van der Waals surface area contributed by atoms with Crippen LogP contribution in [0.25, 0.3) is 10.9 Å². The number of aliphatic imine (C=N–C) groups is 1. The summed E-state index contributed by atoms with van der Waals surface area (Å²) in [6.07, 6.45) is 4.30. The fraction of sp³-hybridized carbons (Fsp3) is 0.413. The number of benzene rings is 2. The number of nitrogens with one attached hydrogen (secondary N) is 10. The van der Waals surface area contributed by atoms with Crippen LogP contribution in [0.15, 0.2) is 78.3 Å². The molecule has 0 aliphatic carbocycles. The fourth-order valence-corrected chi connectivity index (χ4v) is 9.75. The zero-order valence-electron chi connectivity index (χ0n) is 39.8. The van der Waals surface area contributed by atoms with Crippen molar-refractivity contribution in [2.24, 2.45) is 22.2 Å². The van der Waals surface area contributed by atoms with Gasteiger partial charge in [-0.25, -0.2) is 4.98 Å². The van der Waals surface area contributed by atoms with E-state index >= 15 is 0 Å². The highest BCUT2D eigenvalue weighted by Gasteiger charge is 2.34. The molecule has 0 saturated carbocycles. The monoisotopic (exact) mass is 1030 g/mol. The van der Waals surface area contributed by atoms with Crippen molar-refractivity contribution in [1.82, 2.24) is 57.5 Å². The van der Waals surface area contributed by atoms with Gasteiger partial charge in [-0.05, 0) is 43.9 Å². The third-order valence-electron chi connectivity index (χ3n) is 11.2. The Labute approximate surface area is 422 Å². The predicted molar refractivity (Wildman–Crippen MR) is 271 cm³/mol. The van der Waals surface area contributed by atoms with E-state index in [1.54, 1.807) is 42.6 Å². The molecule has 72 heavy (non-hydrogen) atoms. The zero-order chi connectivity index (χ0) is 52.3. The van der Waals surface area contributed by atoms with Gasteiger partial charge in [0.1, 0.15) is 48.3 Å². The quantitative estimate of drug-likeness (QED) is 0.0310. The van der Waals surface area contributed by atoms with Gasteiger partial charge in [0.25, 0.3) is 0 Å². The van der Waals surface area contributed by atoms with Gasteiger partial charge >= 0.3 is 0 Å². The Balaban J connectivity index is 1.54. The highest BCUT2D eigenvalue weighted by molar-refractivity contribution is 8.76. The van der Waals surface area contributed by atoms with Gasteiger partial charge in [0.15, 0.2) is 5.96 Å². The van der Waals surface area contributed by atoms with Crippen LogP contribution in [0, 0.1) is 0 Å². The van der Waals surface area contributed by atoms with Crippen LogP contribution in [0.4, 0.5) is 0 Å². The average Bonchev–Trinajstić information content (AvgIpc) is 4.01. The van der Waals surface area contributed by atoms with Gasteiger partial charge in [-0.1, -0.05) is 70.1 Å². The van der Waals surface area contributed by atoms with Crippen LogP contribution in [0.3, 0.4) is 0 Å². The summed E-state index contributed by atoms with van der Waals surface area (Å²) in [4.78, 5) is 138. The molecule has 26 heteroatoms. The largest absolute Gasteiger partial charge is 0.370 e. The first-order chi connectivity index (χ1) is 34.4. The number of rotatable bonds is 12. The molecule has 0 radical (unpaired) electrons. The lowest BCUT2D eigenvalue weighted by molar-refractivity contribution is -0.135. The zero-order valence-corrected chi connectivity index (χ0v) is 41.5. The van der Waals surface area contributed by atoms with Crippen LogP contribution in [0.5, 0.6) is 0 Å². The summed E-state index contributed by atoms with van der Waals surface area (Å²) in [5.74, 6) is -7.37. The molecule has 24 nitrogen and oxygen atoms in total. The third kappa shape index (κ3) is 17.1. The number of guanidine groups is 1. The van der Waals surface area contributed by atoms with Gasteiger partial charge in [0, 0.05) is 73.2 Å². The predicted octanol–water partition coefficient (Wildman–Crippen LogP) is -2.21. The minimum Gasteiger partial charge on any atom is -0.370 e. The number of imidazole rings is 1. The van der Waals surface area contributed by atoms with Crippen LogP contribution in [0.1, 0.15) is 50.4 Å². The van der Waals surface area contributed by atoms with Crippen molar-refractivity contribution in [2.75, 3.05) is 18.1 Å². The van der Waals surface area contributed by atoms with Gasteiger partial charge in [-0.15, -0.1) is 0 Å². The maximum Gasteiger partial charge on any atom is 0.244 e. The minimum absolute atomic E-state index is 0.0588. The molecule has 3 heterocycles. The molecule has 1 aliphatic rings. The average molecular weight is 1030 g/mol. The maximum absolute atomic E-state index is 14.6. The highest BCUT2D eigenvalue weighted by Crippen LogP contribution is 2.24. The lowest BCUT2D eigenvalue weighted by atomic mass is 10.0. The van der Waals surface area contributed by atoms with Crippen molar-refractivity contribution in [3.8, 4) is 0 Å². The standard InChI is InChI=1S/C46H61N15O9S2/c1-24-39(64)58-35(18-29-20-50-23-53-29)44(69)59-33(16-27-10-5-4-6-11-27)43(68)57-32(14-9-15-51-46(48)49)41(66)60-34(17-28-19-52-31-13-8-7-12-30(28)31)42(67)54-25(2)40(65)61-36(38(47)63)21-71-72-22-37(45(70)55-24)56-26(3)62/h4-8,10-13,19-20,23-25,32-37,52H,9,14-18,21-22H2,1-3H3,(H2,47,63)(H,50,53)(H,54,67)(H,55,70)(H,56,62)(H,57,68)(H,58,64)(H,59,69)(H,60,66)(H,61,65)(H4,48,49,51)/t24-,25+,32+,33-,34+,35+,36+,37+/m1/s1. The number of carbonyl (C=O) groups excluding carboxylic acids is 9. The number of primary amides is 1. The first kappa shape index (κ1) is 55.3. The molecule has 4 aromatic rings. The number of nitrogens with two attached hydrogens (primary N) is 3. The third-order valence-corrected chi connectivity index (χ3v) is 13.7. The first-order valence-electron chi connectivity index (χ1n) is 22.9. The smallest absolute Gasteiger partial charge is 0.244 e. The Hall–Kier alpha value is -7.61. The maximum atomic E-state index is 14.6. The SMILES string of the molecule is CC(=O)N[C@H]1CSSC[C@@H](C(N)=O)NC(=O)[C@H](C)NC(=O)[C@H](Cc2c[nH]c3ccccc23)NC(=O)[C@H](CCCN=C(N)N)NC(=O)[C@@H](Cc2ccccc2)NC(=O)[C@H](Cc2cnc[nH]2)NC(=O)[C@@H](C)NC1=O. The molecular weight excluding hydrogens is 971 g/mol. The Morgan fingerprint density at radius 2 is 1.24 bits per heavy atom. The summed E-state index contributed by atoms with van der Waals surface area (Å²) in [5.41, 5.74) is 19.2. The molecule has 1 saturated heterocycles. The van der Waals surface area contributed by atoms with Crippen molar-refractivity contribution >= 4 is 91.6 Å². The van der Waals surface area contributed by atoms with Crippen molar-refractivity contribution < 1.29 is 43.2 Å². The number of fused-ring (bicyclic) bond motifs is 1. The van der Waals surface area contributed by atoms with E-state index in [-0.39, 0.29) is 56.1 Å². The number of carbonyl (C=O) groups is 9. The molecule has 0 bridgehead atoms. The Bertz CT molecular complexity index is 2580. The fourth-order valence-electron chi connectivity index (χ4n) is 7.41. The van der Waals surface area contributed by atoms with Gasteiger partial charge < -0.3 is 69.7 Å². The van der Waals surface area contributed by atoms with E-state index in [4.69, 9.17) is 17.2 Å². The number of para-hydroxylation sites is 1. The summed E-state index contributed by atoms with van der Waals surface area (Å²) < 4.78 is 0. The second kappa shape index (κ2) is 27.1. The van der Waals surface area contributed by atoms with E-state index in [1.165, 1.54) is 33.3 Å². The van der Waals surface area contributed by atoms with Gasteiger partial charge in [0.2, 0.25) is 53.2 Å². The molecule has 9 amide bonds. The first-order valence-corrected chi connectivity index (χ1v) is 25.4. The van der Waals surface area contributed by atoms with Crippen LogP contribution in [-0.2, 0) is 62.4 Å². The van der Waals surface area contributed by atoms with Crippen LogP contribution in [-0.4, -0.2) is 140 Å². The Kier molecular flexibility index (Phi) is 20.8. The van der Waals surface area contributed by atoms with Crippen molar-refractivity contribution in [2.45, 2.75) is 101 Å². The molecule has 1 fully saturated rings. The number of hydrogen-bond donors (Lipinski definition) is 13. The molecule has 5 rings (SSSR count). The normalized spacial score (nSPS) is 23.7. The molecule has 386 valence electrons. The summed E-state index contributed by atoms with van der Waals surface area (Å²) in [6.45, 7) is 4.01. The summed E-state index contributed by atoms with van der Waals surface area (Å²) in [7, 11) is 2.12. The molecule has 1 aliphatic heterocycles. The van der Waals surface area contributed by atoms with E-state index in [0.717, 1.165) is 32.5 Å². The second-order valence-corrected chi connectivity index (χ2v) is 19.5. The number of H-pyrrole nitrogens is 2. The molecular formula is C46H61N15O9S2. The topological polar surface area (TPSA) is 385 Å². The summed E-state index contributed by atoms with van der Waals surface area (Å²) >= 11 is 0. The Morgan fingerprint density at radius 3 is 1.89 bits per heavy atom. The number of aromatic nitrogens is 3. The minimum atomic E-state index is -1.37. The Morgan fingerprint density at radius 1 is 0.667 bits per heavy atom. The van der Waals surface area contributed by atoms with Crippen molar-refractivity contribution in [3.63, 3.8) is 0 Å². The number of nitrogens with zero attached hydrogens (tertiary/aromatic N) is 2. The van der Waals surface area contributed by atoms with Crippen LogP contribution >= 0.6 is 21.6 Å². The van der Waals surface area contributed by atoms with E-state index in [1.807, 2.05) is 18.2 Å². The van der Waals surface area contributed by atoms with E-state index in [0.29, 0.717) is 16.8 Å². The lowest BCUT2D eigenvalue weighted by Crippen LogP contribution is -2.61. The lowest BCUT2D eigenvalue weighted by Gasteiger charge is -2.27. The van der Waals surface area contributed by atoms with Gasteiger partial charge in [-0.3, -0.25) is 48.1 Å². The second-order valence-electron chi connectivity index (χ2n) is 17.0. The molecule has 0 unspecified atom stereocenters. The van der Waals surface area contributed by atoms with E-state index < -0.39 is 101 Å². The number of amides is 9. The van der Waals surface area contributed by atoms with Gasteiger partial charge in [-0.2, -0.15) is 0 Å². The molecule has 2 aromatic carbocycles. The van der Waals surface area contributed by atoms with Crippen molar-refractivity contribution in [3.05, 3.63) is 90.1 Å². The molecule has 2 aromatic heterocycles. The highest BCUT2D eigenvalue weighted by atomic mass is 33.1. The van der Waals surface area contributed by atoms with Crippen LogP contribution < -0.4 is 59.7 Å². The number of aromatic amines is 2. The van der Waals surface area contributed by atoms with E-state index in [2.05, 4.69) is 62.5 Å². The van der Waals surface area contributed by atoms with Crippen molar-refractivity contribution in [1.29, 1.82) is 0 Å². The molecule has 8 atom stereocenters. The van der Waals surface area contributed by atoms with Crippen LogP contribution in [0.2, 0.25) is 0 Å². The van der Waals surface area contributed by atoms with E-state index in [9.17, 15) is 43.2 Å². The molecule has 16 N–H and O–H groups in total. The molecule has 0 spiro atoms. The van der Waals surface area contributed by atoms with Gasteiger partial charge in [0.05, 0.1) is 6.33 Å². The number of hydrogen-bond acceptors (Lipinski definition) is 13. The summed E-state index contributed by atoms with van der Waals surface area (Å²) in [5, 5.41) is 21.9.